The number of anilines is 1. The highest BCUT2D eigenvalue weighted by atomic mass is 79.9. The van der Waals surface area contributed by atoms with Gasteiger partial charge < -0.3 is 14.2 Å². The normalized spacial score (nSPS) is 14.7. The third kappa shape index (κ3) is 3.92. The molecule has 120 valence electrons. The molecule has 0 spiro atoms. The number of halogens is 1. The summed E-state index contributed by atoms with van der Waals surface area (Å²) in [5.41, 5.74) is 1.21. The van der Waals surface area contributed by atoms with E-state index in [9.17, 15) is 4.79 Å². The minimum absolute atomic E-state index is 0.238. The molecule has 7 heteroatoms. The van der Waals surface area contributed by atoms with Gasteiger partial charge >= 0.3 is 0 Å². The Hall–Kier alpha value is -1.86. The molecule has 23 heavy (non-hydrogen) atoms. The molecule has 1 aliphatic heterocycles. The fourth-order valence-corrected chi connectivity index (χ4v) is 3.06. The average Bonchev–Trinajstić information content (AvgIpc) is 3.02. The number of carbonyl (C=O) groups is 1. The van der Waals surface area contributed by atoms with E-state index in [0.717, 1.165) is 26.2 Å². The zero-order valence-corrected chi connectivity index (χ0v) is 14.8. The second-order valence-corrected chi connectivity index (χ2v) is 6.34. The molecule has 0 bridgehead atoms. The minimum atomic E-state index is -0.328. The Morgan fingerprint density at radius 1 is 1.09 bits per heavy atom. The lowest BCUT2D eigenvalue weighted by Gasteiger charge is -2.37. The Bertz CT molecular complexity index is 696. The summed E-state index contributed by atoms with van der Waals surface area (Å²) >= 11 is 8.51. The molecule has 0 atom stereocenters. The molecule has 1 fully saturated rings. The van der Waals surface area contributed by atoms with Crippen molar-refractivity contribution in [3.63, 3.8) is 0 Å². The van der Waals surface area contributed by atoms with Crippen molar-refractivity contribution in [2.75, 3.05) is 31.1 Å². The van der Waals surface area contributed by atoms with Crippen molar-refractivity contribution in [1.29, 1.82) is 0 Å². The molecule has 0 radical (unpaired) electrons. The molecule has 1 aromatic carbocycles. The van der Waals surface area contributed by atoms with E-state index >= 15 is 0 Å². The highest BCUT2D eigenvalue weighted by Crippen LogP contribution is 2.16. The van der Waals surface area contributed by atoms with E-state index in [1.54, 1.807) is 12.1 Å². The van der Waals surface area contributed by atoms with Crippen LogP contribution < -0.4 is 10.2 Å². The fourth-order valence-electron chi connectivity index (χ4n) is 2.48. The number of amides is 1. The van der Waals surface area contributed by atoms with E-state index < -0.39 is 0 Å². The number of nitrogens with one attached hydrogen (secondary N) is 1. The molecular weight excluding hydrogens is 378 g/mol. The summed E-state index contributed by atoms with van der Waals surface area (Å²) in [7, 11) is 0. The first-order valence-electron chi connectivity index (χ1n) is 7.29. The number of thiocarbonyl (C=S) groups is 1. The summed E-state index contributed by atoms with van der Waals surface area (Å²) in [6.07, 6.45) is 0. The van der Waals surface area contributed by atoms with Crippen LogP contribution in [0.25, 0.3) is 0 Å². The number of piperazine rings is 1. The van der Waals surface area contributed by atoms with Gasteiger partial charge in [0.1, 0.15) is 0 Å². The van der Waals surface area contributed by atoms with E-state index in [2.05, 4.69) is 38.3 Å². The van der Waals surface area contributed by atoms with Crippen molar-refractivity contribution in [3.8, 4) is 0 Å². The molecule has 0 aliphatic carbocycles. The van der Waals surface area contributed by atoms with Gasteiger partial charge in [-0.25, -0.2) is 0 Å². The molecule has 1 N–H and O–H groups in total. The highest BCUT2D eigenvalue weighted by molar-refractivity contribution is 9.10. The second-order valence-electron chi connectivity index (χ2n) is 5.17. The molecule has 1 saturated heterocycles. The Morgan fingerprint density at radius 2 is 1.78 bits per heavy atom. The van der Waals surface area contributed by atoms with Gasteiger partial charge in [0.2, 0.25) is 0 Å². The maximum atomic E-state index is 12.0. The highest BCUT2D eigenvalue weighted by Gasteiger charge is 2.21. The third-order valence-corrected chi connectivity index (χ3v) is 4.49. The molecule has 0 saturated carbocycles. The van der Waals surface area contributed by atoms with E-state index in [1.807, 2.05) is 23.1 Å². The van der Waals surface area contributed by atoms with Crippen LogP contribution in [-0.4, -0.2) is 42.1 Å². The van der Waals surface area contributed by atoms with Gasteiger partial charge in [0.25, 0.3) is 5.91 Å². The Labute approximate surface area is 148 Å². The quantitative estimate of drug-likeness (QED) is 0.794. The van der Waals surface area contributed by atoms with Crippen molar-refractivity contribution < 1.29 is 9.21 Å². The van der Waals surface area contributed by atoms with Crippen molar-refractivity contribution in [3.05, 3.63) is 52.9 Å². The standard InChI is InChI=1S/C16H16BrN3O2S/c17-14-7-6-13(22-14)15(21)18-16(23)20-10-8-19(9-11-20)12-4-2-1-3-5-12/h1-7H,8-11H2,(H,18,21,23). The molecule has 1 aliphatic rings. The summed E-state index contributed by atoms with van der Waals surface area (Å²) in [5, 5.41) is 3.16. The van der Waals surface area contributed by atoms with Gasteiger partial charge in [-0.2, -0.15) is 0 Å². The van der Waals surface area contributed by atoms with Crippen LogP contribution in [0.3, 0.4) is 0 Å². The lowest BCUT2D eigenvalue weighted by molar-refractivity contribution is 0.0944. The van der Waals surface area contributed by atoms with E-state index in [-0.39, 0.29) is 11.7 Å². The van der Waals surface area contributed by atoms with Gasteiger partial charge in [0, 0.05) is 31.9 Å². The summed E-state index contributed by atoms with van der Waals surface area (Å²) in [4.78, 5) is 16.4. The van der Waals surface area contributed by atoms with Crippen molar-refractivity contribution >= 4 is 44.9 Å². The first kappa shape index (κ1) is 16.0. The van der Waals surface area contributed by atoms with Gasteiger partial charge in [0.15, 0.2) is 15.5 Å². The number of rotatable bonds is 2. The molecule has 3 rings (SSSR count). The van der Waals surface area contributed by atoms with E-state index in [1.165, 1.54) is 5.69 Å². The first-order valence-corrected chi connectivity index (χ1v) is 8.49. The monoisotopic (exact) mass is 393 g/mol. The maximum Gasteiger partial charge on any atom is 0.293 e. The van der Waals surface area contributed by atoms with Crippen molar-refractivity contribution in [2.45, 2.75) is 0 Å². The van der Waals surface area contributed by atoms with Crippen molar-refractivity contribution in [1.82, 2.24) is 10.2 Å². The smallest absolute Gasteiger partial charge is 0.293 e. The van der Waals surface area contributed by atoms with Crippen LogP contribution in [0.4, 0.5) is 5.69 Å². The zero-order chi connectivity index (χ0) is 16.2. The molecular formula is C16H16BrN3O2S. The zero-order valence-electron chi connectivity index (χ0n) is 12.4. The molecule has 2 heterocycles. The van der Waals surface area contributed by atoms with Gasteiger partial charge in [-0.05, 0) is 52.4 Å². The first-order chi connectivity index (χ1) is 11.1. The lowest BCUT2D eigenvalue weighted by atomic mass is 10.2. The van der Waals surface area contributed by atoms with Gasteiger partial charge in [-0.1, -0.05) is 18.2 Å². The third-order valence-electron chi connectivity index (χ3n) is 3.71. The van der Waals surface area contributed by atoms with Crippen LogP contribution in [0.1, 0.15) is 10.6 Å². The average molecular weight is 394 g/mol. The maximum absolute atomic E-state index is 12.0. The summed E-state index contributed by atoms with van der Waals surface area (Å²) in [6, 6.07) is 13.6. The number of benzene rings is 1. The number of hydrogen-bond acceptors (Lipinski definition) is 4. The van der Waals surface area contributed by atoms with Gasteiger partial charge in [0.05, 0.1) is 0 Å². The number of carbonyl (C=O) groups excluding carboxylic acids is 1. The predicted octanol–water partition coefficient (Wildman–Crippen LogP) is 2.88. The van der Waals surface area contributed by atoms with Crippen LogP contribution in [0.2, 0.25) is 0 Å². The topological polar surface area (TPSA) is 48.7 Å². The molecule has 1 amide bonds. The summed E-state index contributed by atoms with van der Waals surface area (Å²) in [5.74, 6) is -0.0895. The molecule has 5 nitrogen and oxygen atoms in total. The fraction of sp³-hybridized carbons (Fsp3) is 0.250. The van der Waals surface area contributed by atoms with Gasteiger partial charge in [-0.3, -0.25) is 10.1 Å². The number of para-hydroxylation sites is 1. The van der Waals surface area contributed by atoms with Crippen molar-refractivity contribution in [2.24, 2.45) is 0 Å². The van der Waals surface area contributed by atoms with Gasteiger partial charge in [-0.15, -0.1) is 0 Å². The number of furan rings is 1. The predicted molar refractivity (Wildman–Crippen MR) is 96.7 cm³/mol. The van der Waals surface area contributed by atoms with Crippen LogP contribution in [-0.2, 0) is 0 Å². The molecule has 1 aromatic heterocycles. The van der Waals surface area contributed by atoms with Crippen LogP contribution in [0.15, 0.2) is 51.6 Å². The molecule has 2 aromatic rings. The molecule has 0 unspecified atom stereocenters. The largest absolute Gasteiger partial charge is 0.444 e. The van der Waals surface area contributed by atoms with Crippen LogP contribution in [0, 0.1) is 0 Å². The van der Waals surface area contributed by atoms with Crippen LogP contribution in [0.5, 0.6) is 0 Å². The SMILES string of the molecule is O=C(NC(=S)N1CCN(c2ccccc2)CC1)c1ccc(Br)o1. The lowest BCUT2D eigenvalue weighted by Crippen LogP contribution is -2.52. The number of hydrogen-bond donors (Lipinski definition) is 1. The Kier molecular flexibility index (Phi) is 4.97. The van der Waals surface area contributed by atoms with E-state index in [0.29, 0.717) is 9.78 Å². The van der Waals surface area contributed by atoms with Crippen LogP contribution >= 0.6 is 28.1 Å². The number of nitrogens with zero attached hydrogens (tertiary/aromatic N) is 2. The Balaban J connectivity index is 1.53. The second kappa shape index (κ2) is 7.14. The minimum Gasteiger partial charge on any atom is -0.444 e. The summed E-state index contributed by atoms with van der Waals surface area (Å²) in [6.45, 7) is 3.28. The van der Waals surface area contributed by atoms with E-state index in [4.69, 9.17) is 16.6 Å². The Morgan fingerprint density at radius 3 is 2.39 bits per heavy atom. The summed E-state index contributed by atoms with van der Waals surface area (Å²) < 4.78 is 5.75.